The van der Waals surface area contributed by atoms with E-state index in [-0.39, 0.29) is 5.91 Å². The molecular weight excluding hydrogens is 398 g/mol. The Bertz CT molecular complexity index is 1190. The molecule has 0 unspecified atom stereocenters. The quantitative estimate of drug-likeness (QED) is 0.414. The monoisotopic (exact) mass is 425 g/mol. The van der Waals surface area contributed by atoms with E-state index in [1.807, 2.05) is 67.2 Å². The predicted molar refractivity (Wildman–Crippen MR) is 127 cm³/mol. The maximum atomic E-state index is 12.6. The number of para-hydroxylation sites is 1. The number of ether oxygens (including phenoxy) is 1. The molecule has 0 radical (unpaired) electrons. The van der Waals surface area contributed by atoms with Crippen molar-refractivity contribution in [3.8, 4) is 5.75 Å². The Morgan fingerprint density at radius 2 is 1.56 bits per heavy atom. The Hall–Kier alpha value is -3.86. The number of anilines is 1. The Morgan fingerprint density at radius 1 is 0.906 bits per heavy atom. The minimum absolute atomic E-state index is 0.165. The number of carbonyl (C=O) groups excluding carboxylic acids is 1. The number of benzene rings is 3. The number of hydrogen-bond donors (Lipinski definition) is 1. The summed E-state index contributed by atoms with van der Waals surface area (Å²) in [6.45, 7) is 7.26. The fourth-order valence-corrected chi connectivity index (χ4v) is 3.53. The van der Waals surface area contributed by atoms with Crippen molar-refractivity contribution < 1.29 is 9.53 Å². The lowest BCUT2D eigenvalue weighted by molar-refractivity contribution is 0.102. The van der Waals surface area contributed by atoms with Gasteiger partial charge in [0.25, 0.3) is 5.91 Å². The zero-order valence-corrected chi connectivity index (χ0v) is 18.6. The molecule has 0 spiro atoms. The third-order valence-corrected chi connectivity index (χ3v) is 5.36. The maximum absolute atomic E-state index is 12.6. The third kappa shape index (κ3) is 5.24. The van der Waals surface area contributed by atoms with Crippen LogP contribution in [0.2, 0.25) is 0 Å². The van der Waals surface area contributed by atoms with Crippen molar-refractivity contribution in [3.05, 3.63) is 113 Å². The first kappa shape index (κ1) is 21.4. The van der Waals surface area contributed by atoms with Crippen molar-refractivity contribution in [2.75, 3.05) is 5.32 Å². The lowest BCUT2D eigenvalue weighted by atomic mass is 10.1. The van der Waals surface area contributed by atoms with E-state index in [2.05, 4.69) is 41.6 Å². The summed E-state index contributed by atoms with van der Waals surface area (Å²) in [7, 11) is 0. The van der Waals surface area contributed by atoms with Gasteiger partial charge in [0, 0.05) is 11.8 Å². The lowest BCUT2D eigenvalue weighted by Gasteiger charge is -2.12. The van der Waals surface area contributed by atoms with Crippen LogP contribution in [-0.2, 0) is 13.2 Å². The van der Waals surface area contributed by atoms with Crippen molar-refractivity contribution in [2.45, 2.75) is 33.9 Å². The summed E-state index contributed by atoms with van der Waals surface area (Å²) in [5, 5.41) is 7.26. The second kappa shape index (κ2) is 9.52. The summed E-state index contributed by atoms with van der Waals surface area (Å²) in [5.74, 6) is 0.749. The number of amides is 1. The van der Waals surface area contributed by atoms with Crippen LogP contribution >= 0.6 is 0 Å². The van der Waals surface area contributed by atoms with Gasteiger partial charge < -0.3 is 10.1 Å². The van der Waals surface area contributed by atoms with Crippen LogP contribution < -0.4 is 10.1 Å². The number of nitrogens with one attached hydrogen (secondary N) is 1. The van der Waals surface area contributed by atoms with Gasteiger partial charge in [0.15, 0.2) is 0 Å². The van der Waals surface area contributed by atoms with Crippen LogP contribution in [0.15, 0.2) is 79.1 Å². The zero-order chi connectivity index (χ0) is 22.5. The topological polar surface area (TPSA) is 56.2 Å². The van der Waals surface area contributed by atoms with Crippen LogP contribution in [0, 0.1) is 20.8 Å². The summed E-state index contributed by atoms with van der Waals surface area (Å²) in [6.07, 6.45) is 3.50. The molecule has 0 saturated heterocycles. The molecule has 1 heterocycles. The highest BCUT2D eigenvalue weighted by molar-refractivity contribution is 6.04. The molecule has 1 aromatic heterocycles. The smallest absolute Gasteiger partial charge is 0.255 e. The molecule has 1 N–H and O–H groups in total. The second-order valence-electron chi connectivity index (χ2n) is 8.07. The number of nitrogens with zero attached hydrogens (tertiary/aromatic N) is 2. The van der Waals surface area contributed by atoms with E-state index in [9.17, 15) is 4.79 Å². The van der Waals surface area contributed by atoms with Gasteiger partial charge in [0.1, 0.15) is 12.4 Å². The molecule has 32 heavy (non-hydrogen) atoms. The summed E-state index contributed by atoms with van der Waals surface area (Å²) in [6, 6.07) is 21.9. The van der Waals surface area contributed by atoms with Crippen LogP contribution in [0.25, 0.3) is 0 Å². The standard InChI is InChI=1S/C27H27N3O2/c1-19-7-9-22(10-8-19)16-30-17-25(15-28-30)29-27(31)24-13-11-23(12-14-24)18-32-26-20(2)5-4-6-21(26)3/h4-15,17H,16,18H2,1-3H3,(H,29,31). The van der Waals surface area contributed by atoms with Crippen molar-refractivity contribution in [3.63, 3.8) is 0 Å². The third-order valence-electron chi connectivity index (χ3n) is 5.36. The van der Waals surface area contributed by atoms with Gasteiger partial charge in [-0.2, -0.15) is 5.10 Å². The zero-order valence-electron chi connectivity index (χ0n) is 18.6. The van der Waals surface area contributed by atoms with E-state index in [1.165, 1.54) is 5.56 Å². The minimum atomic E-state index is -0.165. The Kier molecular flexibility index (Phi) is 6.36. The van der Waals surface area contributed by atoms with Crippen molar-refractivity contribution in [1.29, 1.82) is 0 Å². The molecule has 5 nitrogen and oxygen atoms in total. The average Bonchev–Trinajstić information content (AvgIpc) is 3.22. The number of aromatic nitrogens is 2. The molecule has 4 aromatic rings. The Labute approximate surface area is 188 Å². The molecule has 0 atom stereocenters. The first-order chi connectivity index (χ1) is 15.5. The van der Waals surface area contributed by atoms with Gasteiger partial charge in [-0.3, -0.25) is 9.48 Å². The molecule has 0 fully saturated rings. The molecule has 4 rings (SSSR count). The maximum Gasteiger partial charge on any atom is 0.255 e. The normalized spacial score (nSPS) is 10.7. The summed E-state index contributed by atoms with van der Waals surface area (Å²) >= 11 is 0. The van der Waals surface area contributed by atoms with Gasteiger partial charge in [0.2, 0.25) is 0 Å². The highest BCUT2D eigenvalue weighted by Crippen LogP contribution is 2.23. The molecule has 162 valence electrons. The fraction of sp³-hybridized carbons (Fsp3) is 0.185. The molecule has 1 amide bonds. The average molecular weight is 426 g/mol. The number of aryl methyl sites for hydroxylation is 3. The van der Waals surface area contributed by atoms with Gasteiger partial charge in [0.05, 0.1) is 18.4 Å². The van der Waals surface area contributed by atoms with Crippen molar-refractivity contribution in [1.82, 2.24) is 9.78 Å². The van der Waals surface area contributed by atoms with Crippen LogP contribution in [0.4, 0.5) is 5.69 Å². The molecule has 0 aliphatic heterocycles. The molecule has 5 heteroatoms. The van der Waals surface area contributed by atoms with E-state index in [4.69, 9.17) is 4.74 Å². The van der Waals surface area contributed by atoms with Crippen molar-refractivity contribution >= 4 is 11.6 Å². The van der Waals surface area contributed by atoms with Crippen LogP contribution in [0.5, 0.6) is 5.75 Å². The van der Waals surface area contributed by atoms with E-state index in [0.717, 1.165) is 28.0 Å². The molecule has 0 aliphatic carbocycles. The summed E-state index contributed by atoms with van der Waals surface area (Å²) in [4.78, 5) is 12.6. The van der Waals surface area contributed by atoms with E-state index < -0.39 is 0 Å². The van der Waals surface area contributed by atoms with E-state index in [1.54, 1.807) is 6.20 Å². The highest BCUT2D eigenvalue weighted by atomic mass is 16.5. The molecule has 3 aromatic carbocycles. The number of rotatable bonds is 7. The Balaban J connectivity index is 1.34. The van der Waals surface area contributed by atoms with Crippen molar-refractivity contribution in [2.24, 2.45) is 0 Å². The van der Waals surface area contributed by atoms with Gasteiger partial charge in [-0.05, 0) is 55.2 Å². The number of carbonyl (C=O) groups is 1. The number of hydrogen-bond acceptors (Lipinski definition) is 3. The SMILES string of the molecule is Cc1ccc(Cn2cc(NC(=O)c3ccc(COc4c(C)cccc4C)cc3)cn2)cc1. The Morgan fingerprint density at radius 3 is 2.25 bits per heavy atom. The van der Waals surface area contributed by atoms with Gasteiger partial charge in [-0.1, -0.05) is 60.2 Å². The lowest BCUT2D eigenvalue weighted by Crippen LogP contribution is -2.11. The minimum Gasteiger partial charge on any atom is -0.488 e. The molecule has 0 saturated carbocycles. The summed E-state index contributed by atoms with van der Waals surface area (Å²) in [5.41, 5.74) is 6.89. The van der Waals surface area contributed by atoms with Gasteiger partial charge in [-0.25, -0.2) is 0 Å². The van der Waals surface area contributed by atoms with Gasteiger partial charge >= 0.3 is 0 Å². The fourth-order valence-electron chi connectivity index (χ4n) is 3.53. The van der Waals surface area contributed by atoms with Crippen LogP contribution in [0.3, 0.4) is 0 Å². The largest absolute Gasteiger partial charge is 0.488 e. The first-order valence-corrected chi connectivity index (χ1v) is 10.7. The first-order valence-electron chi connectivity index (χ1n) is 10.7. The molecular formula is C27H27N3O2. The predicted octanol–water partition coefficient (Wildman–Crippen LogP) is 5.69. The van der Waals surface area contributed by atoms with Gasteiger partial charge in [-0.15, -0.1) is 0 Å². The van der Waals surface area contributed by atoms with E-state index in [0.29, 0.717) is 24.4 Å². The molecule has 0 bridgehead atoms. The van der Waals surface area contributed by atoms with Crippen LogP contribution in [-0.4, -0.2) is 15.7 Å². The summed E-state index contributed by atoms with van der Waals surface area (Å²) < 4.78 is 7.81. The van der Waals surface area contributed by atoms with E-state index >= 15 is 0 Å². The second-order valence-corrected chi connectivity index (χ2v) is 8.07. The highest BCUT2D eigenvalue weighted by Gasteiger charge is 2.09. The van der Waals surface area contributed by atoms with Crippen LogP contribution in [0.1, 0.15) is 38.2 Å². The molecule has 0 aliphatic rings.